The van der Waals surface area contributed by atoms with E-state index in [1.807, 2.05) is 36.5 Å². The molecule has 0 radical (unpaired) electrons. The van der Waals surface area contributed by atoms with Crippen LogP contribution in [0.25, 0.3) is 11.0 Å². The molecule has 1 N–H and O–H groups in total. The van der Waals surface area contributed by atoms with Gasteiger partial charge in [-0.05, 0) is 43.2 Å². The van der Waals surface area contributed by atoms with E-state index in [9.17, 15) is 0 Å². The number of fused-ring (bicyclic) bond motifs is 1. The summed E-state index contributed by atoms with van der Waals surface area (Å²) >= 11 is 1.66. The van der Waals surface area contributed by atoms with Crippen LogP contribution in [0.3, 0.4) is 0 Å². The molecule has 0 saturated carbocycles. The first kappa shape index (κ1) is 17.6. The largest absolute Gasteiger partial charge is 0.489 e. The fourth-order valence-electron chi connectivity index (χ4n) is 2.90. The van der Waals surface area contributed by atoms with Gasteiger partial charge in [-0.3, -0.25) is 4.98 Å². The van der Waals surface area contributed by atoms with E-state index in [1.165, 1.54) is 5.56 Å². The lowest BCUT2D eigenvalue weighted by atomic mass is 10.2. The molecule has 2 aromatic carbocycles. The van der Waals surface area contributed by atoms with Crippen molar-refractivity contribution in [3.8, 4) is 5.75 Å². The highest BCUT2D eigenvalue weighted by Gasteiger charge is 2.10. The van der Waals surface area contributed by atoms with E-state index in [0.717, 1.165) is 44.5 Å². The van der Waals surface area contributed by atoms with E-state index in [1.54, 1.807) is 11.8 Å². The van der Waals surface area contributed by atoms with Gasteiger partial charge in [-0.25, -0.2) is 4.98 Å². The number of thioether (sulfide) groups is 1. The molecule has 2 heterocycles. The summed E-state index contributed by atoms with van der Waals surface area (Å²) in [7, 11) is 0. The van der Waals surface area contributed by atoms with Gasteiger partial charge in [-0.1, -0.05) is 48.2 Å². The zero-order chi connectivity index (χ0) is 18.6. The van der Waals surface area contributed by atoms with Gasteiger partial charge in [0, 0.05) is 17.5 Å². The summed E-state index contributed by atoms with van der Waals surface area (Å²) in [6.45, 7) is 4.70. The Morgan fingerprint density at radius 1 is 1.04 bits per heavy atom. The molecule has 0 aliphatic carbocycles. The standard InChI is InChI=1S/C22H21N3OS/c1-15-8-9-18-19(12-15)25-22(24-18)27-14-20-16(2)21(10-11-23-20)26-13-17-6-4-3-5-7-17/h3-12H,13-14H2,1-2H3,(H,24,25). The van der Waals surface area contributed by atoms with Gasteiger partial charge in [-0.2, -0.15) is 0 Å². The molecule has 0 unspecified atom stereocenters. The third kappa shape index (κ3) is 4.14. The Hall–Kier alpha value is -2.79. The van der Waals surface area contributed by atoms with Crippen molar-refractivity contribution in [3.63, 3.8) is 0 Å². The predicted octanol–water partition coefficient (Wildman–Crippen LogP) is 5.45. The quantitative estimate of drug-likeness (QED) is 0.456. The highest BCUT2D eigenvalue weighted by molar-refractivity contribution is 7.98. The van der Waals surface area contributed by atoms with E-state index < -0.39 is 0 Å². The highest BCUT2D eigenvalue weighted by Crippen LogP contribution is 2.27. The summed E-state index contributed by atoms with van der Waals surface area (Å²) < 4.78 is 6.00. The lowest BCUT2D eigenvalue weighted by molar-refractivity contribution is 0.303. The monoisotopic (exact) mass is 375 g/mol. The topological polar surface area (TPSA) is 50.8 Å². The van der Waals surface area contributed by atoms with E-state index in [2.05, 4.69) is 53.1 Å². The van der Waals surface area contributed by atoms with Crippen LogP contribution in [0.1, 0.15) is 22.4 Å². The number of pyridine rings is 1. The molecule has 0 spiro atoms. The van der Waals surface area contributed by atoms with Gasteiger partial charge in [0.1, 0.15) is 12.4 Å². The summed E-state index contributed by atoms with van der Waals surface area (Å²) in [6, 6.07) is 18.4. The number of aryl methyl sites for hydroxylation is 1. The zero-order valence-electron chi connectivity index (χ0n) is 15.4. The molecule has 5 heteroatoms. The number of rotatable bonds is 6. The van der Waals surface area contributed by atoms with Crippen molar-refractivity contribution in [3.05, 3.63) is 83.2 Å². The minimum Gasteiger partial charge on any atom is -0.489 e. The SMILES string of the molecule is Cc1ccc2nc(SCc3nccc(OCc4ccccc4)c3C)[nH]c2c1. The molecule has 0 saturated heterocycles. The number of hydrogen-bond acceptors (Lipinski definition) is 4. The van der Waals surface area contributed by atoms with Crippen molar-refractivity contribution in [2.24, 2.45) is 0 Å². The molecule has 136 valence electrons. The molecule has 27 heavy (non-hydrogen) atoms. The first-order valence-electron chi connectivity index (χ1n) is 8.89. The lowest BCUT2D eigenvalue weighted by Gasteiger charge is -2.11. The Morgan fingerprint density at radius 2 is 1.89 bits per heavy atom. The fraction of sp³-hybridized carbons (Fsp3) is 0.182. The maximum Gasteiger partial charge on any atom is 0.166 e. The van der Waals surface area contributed by atoms with Crippen LogP contribution in [0, 0.1) is 13.8 Å². The van der Waals surface area contributed by atoms with Gasteiger partial charge >= 0.3 is 0 Å². The van der Waals surface area contributed by atoms with E-state index in [4.69, 9.17) is 4.74 Å². The summed E-state index contributed by atoms with van der Waals surface area (Å²) in [4.78, 5) is 12.6. The minimum absolute atomic E-state index is 0.557. The molecule has 4 aromatic rings. The van der Waals surface area contributed by atoms with Crippen molar-refractivity contribution < 1.29 is 4.74 Å². The van der Waals surface area contributed by atoms with Gasteiger partial charge in [0.25, 0.3) is 0 Å². The van der Waals surface area contributed by atoms with Crippen LogP contribution in [0.15, 0.2) is 66.0 Å². The van der Waals surface area contributed by atoms with Gasteiger partial charge in [0.05, 0.1) is 16.7 Å². The molecule has 0 aliphatic rings. The normalized spacial score (nSPS) is 11.0. The van der Waals surface area contributed by atoms with Crippen molar-refractivity contribution in [1.29, 1.82) is 0 Å². The van der Waals surface area contributed by atoms with Crippen molar-refractivity contribution in [2.45, 2.75) is 31.4 Å². The summed E-state index contributed by atoms with van der Waals surface area (Å²) in [5, 5.41) is 0.910. The van der Waals surface area contributed by atoms with Gasteiger partial charge in [0.2, 0.25) is 0 Å². The Bertz CT molecular complexity index is 1060. The van der Waals surface area contributed by atoms with E-state index in [0.29, 0.717) is 6.61 Å². The first-order valence-corrected chi connectivity index (χ1v) is 9.88. The Kier molecular flexibility index (Phi) is 5.12. The molecular formula is C22H21N3OS. The van der Waals surface area contributed by atoms with Crippen LogP contribution < -0.4 is 4.74 Å². The van der Waals surface area contributed by atoms with Crippen LogP contribution in [0.4, 0.5) is 0 Å². The van der Waals surface area contributed by atoms with E-state index in [-0.39, 0.29) is 0 Å². The maximum atomic E-state index is 6.00. The molecule has 4 nitrogen and oxygen atoms in total. The second kappa shape index (κ2) is 7.84. The smallest absolute Gasteiger partial charge is 0.166 e. The first-order chi connectivity index (χ1) is 13.2. The molecule has 0 bridgehead atoms. The number of nitrogens with zero attached hydrogens (tertiary/aromatic N) is 2. The number of nitrogens with one attached hydrogen (secondary N) is 1. The Balaban J connectivity index is 1.45. The fourth-order valence-corrected chi connectivity index (χ4v) is 3.81. The van der Waals surface area contributed by atoms with Crippen LogP contribution in [0.2, 0.25) is 0 Å². The Labute approximate surface area is 163 Å². The Morgan fingerprint density at radius 3 is 2.74 bits per heavy atom. The van der Waals surface area contributed by atoms with Gasteiger partial charge < -0.3 is 9.72 Å². The molecule has 2 aromatic heterocycles. The molecule has 0 fully saturated rings. The summed E-state index contributed by atoms with van der Waals surface area (Å²) in [5.41, 5.74) is 6.54. The summed E-state index contributed by atoms with van der Waals surface area (Å²) in [5.74, 6) is 1.62. The number of aromatic nitrogens is 3. The van der Waals surface area contributed by atoms with Crippen LogP contribution in [0.5, 0.6) is 5.75 Å². The average molecular weight is 375 g/mol. The summed E-state index contributed by atoms with van der Waals surface area (Å²) in [6.07, 6.45) is 1.81. The number of ether oxygens (including phenoxy) is 1. The second-order valence-corrected chi connectivity index (χ2v) is 7.47. The molecule has 0 aliphatic heterocycles. The number of H-pyrrole nitrogens is 1. The van der Waals surface area contributed by atoms with Crippen LogP contribution in [-0.2, 0) is 12.4 Å². The van der Waals surface area contributed by atoms with E-state index >= 15 is 0 Å². The average Bonchev–Trinajstić information content (AvgIpc) is 3.09. The predicted molar refractivity (Wildman–Crippen MR) is 110 cm³/mol. The molecule has 0 atom stereocenters. The number of benzene rings is 2. The number of aromatic amines is 1. The van der Waals surface area contributed by atoms with Crippen molar-refractivity contribution >= 4 is 22.8 Å². The molecule has 0 amide bonds. The number of imidazole rings is 1. The number of hydrogen-bond donors (Lipinski definition) is 1. The maximum absolute atomic E-state index is 6.00. The second-order valence-electron chi connectivity index (χ2n) is 6.51. The van der Waals surface area contributed by atoms with Crippen molar-refractivity contribution in [2.75, 3.05) is 0 Å². The third-order valence-electron chi connectivity index (χ3n) is 4.46. The minimum atomic E-state index is 0.557. The lowest BCUT2D eigenvalue weighted by Crippen LogP contribution is -2.00. The van der Waals surface area contributed by atoms with Crippen LogP contribution >= 0.6 is 11.8 Å². The van der Waals surface area contributed by atoms with Crippen molar-refractivity contribution in [1.82, 2.24) is 15.0 Å². The molecule has 4 rings (SSSR count). The highest BCUT2D eigenvalue weighted by atomic mass is 32.2. The zero-order valence-corrected chi connectivity index (χ0v) is 16.2. The third-order valence-corrected chi connectivity index (χ3v) is 5.34. The van der Waals surface area contributed by atoms with Crippen LogP contribution in [-0.4, -0.2) is 15.0 Å². The molecular weight excluding hydrogens is 354 g/mol. The van der Waals surface area contributed by atoms with Gasteiger partial charge in [0.15, 0.2) is 5.16 Å². The van der Waals surface area contributed by atoms with Gasteiger partial charge in [-0.15, -0.1) is 0 Å².